The van der Waals surface area contributed by atoms with E-state index in [1.807, 2.05) is 0 Å². The van der Waals surface area contributed by atoms with Gasteiger partial charge in [-0.1, -0.05) is 102 Å². The fourth-order valence-electron chi connectivity index (χ4n) is 5.28. The Labute approximate surface area is 332 Å². The van der Waals surface area contributed by atoms with E-state index < -0.39 is 25.1 Å². The first kappa shape index (κ1) is 44.3. The maximum Gasteiger partial charge on any atom is 2.00 e. The van der Waals surface area contributed by atoms with E-state index in [2.05, 4.69) is 13.8 Å². The molecule has 0 atom stereocenters. The second-order valence-corrected chi connectivity index (χ2v) is 14.7. The Hall–Kier alpha value is -2.84. The molecule has 0 saturated heterocycles. The van der Waals surface area contributed by atoms with Gasteiger partial charge in [-0.05, 0) is 85.3 Å². The maximum atomic E-state index is 11.7. The standard InChI is InChI=1S/2C19H24O5S.Ca/c2*1-2-3-4-5-6-9-15-14-16(20)12-13-17(15)24-18-10-7-8-11-19(18)25(21,22)23;/h2*7-8,10-14,20H,2-6,9H2,1H3,(H,21,22,23);/q;;+2/p-2. The van der Waals surface area contributed by atoms with Gasteiger partial charge in [-0.25, -0.2) is 8.42 Å². The van der Waals surface area contributed by atoms with Gasteiger partial charge < -0.3 is 24.2 Å². The summed E-state index contributed by atoms with van der Waals surface area (Å²) in [6.07, 6.45) is 12.4. The predicted molar refractivity (Wildman–Crippen MR) is 195 cm³/mol. The fraction of sp³-hybridized carbons (Fsp3) is 0.368. The number of ether oxygens (including phenoxy) is 2. The van der Waals surface area contributed by atoms with E-state index in [0.29, 0.717) is 17.9 Å². The molecule has 0 spiro atoms. The third-order valence-electron chi connectivity index (χ3n) is 7.86. The number of phenols is 1. The second-order valence-electron chi connectivity index (χ2n) is 11.9. The molecule has 0 aliphatic rings. The molecule has 4 aromatic carbocycles. The van der Waals surface area contributed by atoms with Crippen LogP contribution in [0.3, 0.4) is 0 Å². The smallest absolute Gasteiger partial charge is 0.872 e. The monoisotopic (exact) mass is 766 g/mol. The van der Waals surface area contributed by atoms with E-state index in [4.69, 9.17) is 9.47 Å². The largest absolute Gasteiger partial charge is 2.00 e. The van der Waals surface area contributed by atoms with Gasteiger partial charge in [0, 0.05) is 0 Å². The van der Waals surface area contributed by atoms with Crippen LogP contribution in [0.1, 0.15) is 89.2 Å². The van der Waals surface area contributed by atoms with Gasteiger partial charge in [0.15, 0.2) is 0 Å². The molecule has 2 N–H and O–H groups in total. The summed E-state index contributed by atoms with van der Waals surface area (Å²) in [7, 11) is -9.01. The van der Waals surface area contributed by atoms with Crippen LogP contribution >= 0.6 is 0 Å². The molecule has 0 saturated carbocycles. The summed E-state index contributed by atoms with van der Waals surface area (Å²) in [5, 5.41) is 21.4. The zero-order valence-corrected chi connectivity index (χ0v) is 33.1. The number of rotatable bonds is 18. The third-order valence-corrected chi connectivity index (χ3v) is 9.63. The molecule has 0 aliphatic heterocycles. The van der Waals surface area contributed by atoms with Crippen molar-refractivity contribution in [3.8, 4) is 34.5 Å². The van der Waals surface area contributed by atoms with E-state index in [1.54, 1.807) is 24.3 Å². The Morgan fingerprint density at radius 1 is 0.588 bits per heavy atom. The van der Waals surface area contributed by atoms with Crippen molar-refractivity contribution in [1.29, 1.82) is 0 Å². The average Bonchev–Trinajstić information content (AvgIpc) is 3.06. The van der Waals surface area contributed by atoms with E-state index in [9.17, 15) is 36.2 Å². The molecule has 0 radical (unpaired) electrons. The Morgan fingerprint density at radius 3 is 1.55 bits per heavy atom. The van der Waals surface area contributed by atoms with Gasteiger partial charge in [-0.15, -0.1) is 5.75 Å². The summed E-state index contributed by atoms with van der Waals surface area (Å²) < 4.78 is 77.9. The summed E-state index contributed by atoms with van der Waals surface area (Å²) in [5.74, 6) is 0.932. The van der Waals surface area contributed by atoms with Gasteiger partial charge in [-0.3, -0.25) is 4.55 Å². The SMILES string of the molecule is CCCCCCCc1cc(O)ccc1Oc1ccccc1S(=O)(=O)O.CCCCCCCc1cc([O-])ccc1Oc1ccccc1S(=O)(=O)[O-].[Ca+2]. The average molecular weight is 767 g/mol. The van der Waals surface area contributed by atoms with Gasteiger partial charge >= 0.3 is 37.7 Å². The van der Waals surface area contributed by atoms with Crippen LogP contribution in [0.4, 0.5) is 0 Å². The van der Waals surface area contributed by atoms with Gasteiger partial charge in [0.05, 0.1) is 4.90 Å². The number of hydrogen-bond acceptors (Lipinski definition) is 9. The van der Waals surface area contributed by atoms with Crippen LogP contribution in [0.15, 0.2) is 94.7 Å². The normalized spacial score (nSPS) is 11.2. The molecule has 0 bridgehead atoms. The minimum Gasteiger partial charge on any atom is -0.872 e. The van der Waals surface area contributed by atoms with Crippen LogP contribution in [-0.4, -0.2) is 68.8 Å². The Kier molecular flexibility index (Phi) is 19.4. The van der Waals surface area contributed by atoms with E-state index in [-0.39, 0.29) is 65.6 Å². The van der Waals surface area contributed by atoms with Crippen molar-refractivity contribution in [3.63, 3.8) is 0 Å². The number of aryl methyl sites for hydroxylation is 2. The number of aromatic hydroxyl groups is 1. The topological polar surface area (TPSA) is 173 Å². The summed E-state index contributed by atoms with van der Waals surface area (Å²) in [4.78, 5) is -0.688. The minimum absolute atomic E-state index is 0. The van der Waals surface area contributed by atoms with Crippen molar-refractivity contribution >= 4 is 58.0 Å². The van der Waals surface area contributed by atoms with Crippen LogP contribution in [0.2, 0.25) is 0 Å². The minimum atomic E-state index is -4.64. The number of unbranched alkanes of at least 4 members (excludes halogenated alkanes) is 8. The third kappa shape index (κ3) is 15.3. The molecule has 51 heavy (non-hydrogen) atoms. The number of hydrogen-bond donors (Lipinski definition) is 2. The van der Waals surface area contributed by atoms with Crippen molar-refractivity contribution in [3.05, 3.63) is 96.1 Å². The molecule has 0 heterocycles. The first-order valence-electron chi connectivity index (χ1n) is 16.9. The molecular weight excluding hydrogens is 721 g/mol. The van der Waals surface area contributed by atoms with Crippen LogP contribution in [0.25, 0.3) is 0 Å². The molecular formula is C38H46CaO10S2. The first-order valence-corrected chi connectivity index (χ1v) is 19.8. The van der Waals surface area contributed by atoms with E-state index in [0.717, 1.165) is 62.5 Å². The quantitative estimate of drug-likeness (QED) is 0.0568. The van der Waals surface area contributed by atoms with Gasteiger partial charge in [0.25, 0.3) is 10.1 Å². The summed E-state index contributed by atoms with van der Waals surface area (Å²) in [6.45, 7) is 4.31. The maximum absolute atomic E-state index is 11.7. The fourth-order valence-corrected chi connectivity index (χ4v) is 6.49. The molecule has 10 nitrogen and oxygen atoms in total. The van der Waals surface area contributed by atoms with E-state index >= 15 is 0 Å². The summed E-state index contributed by atoms with van der Waals surface area (Å²) in [5.41, 5.74) is 1.53. The van der Waals surface area contributed by atoms with Gasteiger partial charge in [0.2, 0.25) is 0 Å². The molecule has 0 aliphatic carbocycles. The molecule has 0 fully saturated rings. The number of benzene rings is 4. The van der Waals surface area contributed by atoms with Crippen LogP contribution in [0, 0.1) is 0 Å². The van der Waals surface area contributed by atoms with Crippen LogP contribution in [-0.2, 0) is 33.1 Å². The Balaban J connectivity index is 0.000000347. The molecule has 4 rings (SSSR count). The predicted octanol–water partition coefficient (Wildman–Crippen LogP) is 8.53. The van der Waals surface area contributed by atoms with E-state index in [1.165, 1.54) is 79.9 Å². The van der Waals surface area contributed by atoms with Crippen molar-refractivity contribution in [1.82, 2.24) is 0 Å². The van der Waals surface area contributed by atoms with Gasteiger partial charge in [-0.2, -0.15) is 8.42 Å². The van der Waals surface area contributed by atoms with Crippen molar-refractivity contribution < 1.29 is 45.6 Å². The van der Waals surface area contributed by atoms with Crippen LogP contribution in [0.5, 0.6) is 34.5 Å². The molecule has 4 aromatic rings. The summed E-state index contributed by atoms with van der Waals surface area (Å²) >= 11 is 0. The number of para-hydroxylation sites is 2. The number of phenolic OH excluding ortho intramolecular Hbond substituents is 1. The summed E-state index contributed by atoms with van der Waals surface area (Å²) in [6, 6.07) is 20.8. The zero-order chi connectivity index (χ0) is 36.6. The van der Waals surface area contributed by atoms with Gasteiger partial charge in [0.1, 0.15) is 43.8 Å². The molecule has 13 heteroatoms. The molecule has 0 aromatic heterocycles. The Bertz CT molecular complexity index is 1740. The molecule has 272 valence electrons. The van der Waals surface area contributed by atoms with Crippen molar-refractivity contribution in [2.45, 2.75) is 101 Å². The molecule has 0 amide bonds. The zero-order valence-electron chi connectivity index (χ0n) is 29.3. The van der Waals surface area contributed by atoms with Crippen LogP contribution < -0.4 is 14.6 Å². The van der Waals surface area contributed by atoms with Crippen molar-refractivity contribution in [2.24, 2.45) is 0 Å². The van der Waals surface area contributed by atoms with Crippen molar-refractivity contribution in [2.75, 3.05) is 0 Å². The molecule has 0 unspecified atom stereocenters. The first-order chi connectivity index (χ1) is 23.8. The second kappa shape index (κ2) is 22.3. The Morgan fingerprint density at radius 2 is 1.04 bits per heavy atom.